The molecule has 0 amide bonds. The molecule has 2 rings (SSSR count). The number of sulfone groups is 1. The van der Waals surface area contributed by atoms with Gasteiger partial charge < -0.3 is 5.11 Å². The topological polar surface area (TPSA) is 102 Å². The Balaban J connectivity index is 2.43. The number of hydrogen-bond donors (Lipinski definition) is 1. The van der Waals surface area contributed by atoms with Gasteiger partial charge in [-0.25, -0.2) is 13.2 Å². The first kappa shape index (κ1) is 13.2. The molecule has 1 N–H and O–H groups in total. The summed E-state index contributed by atoms with van der Waals surface area (Å²) in [6.45, 7) is 0. The third-order valence-corrected chi connectivity index (χ3v) is 4.14. The van der Waals surface area contributed by atoms with Crippen LogP contribution in [0.4, 0.5) is 0 Å². The smallest absolute Gasteiger partial charge is 0.337 e. The zero-order chi connectivity index (χ0) is 14.0. The van der Waals surface area contributed by atoms with E-state index in [2.05, 4.69) is 10.3 Å². The minimum absolute atomic E-state index is 0.215. The summed E-state index contributed by atoms with van der Waals surface area (Å²) in [6, 6.07) is 5.49. The highest BCUT2D eigenvalue weighted by molar-refractivity contribution is 7.90. The monoisotopic (exact) mass is 281 g/mol. The molecule has 1 aromatic heterocycles. The zero-order valence-electron chi connectivity index (χ0n) is 10.0. The molecule has 0 aliphatic carbocycles. The molecule has 8 heteroatoms. The molecule has 0 bridgehead atoms. The molecule has 7 nitrogen and oxygen atoms in total. The first-order chi connectivity index (χ1) is 8.90. The van der Waals surface area contributed by atoms with Gasteiger partial charge in [0.25, 0.3) is 0 Å². The molecule has 0 unspecified atom stereocenters. The van der Waals surface area contributed by atoms with Gasteiger partial charge in [0.05, 0.1) is 16.2 Å². The van der Waals surface area contributed by atoms with Crippen LogP contribution in [0.1, 0.15) is 16.1 Å². The van der Waals surface area contributed by atoms with Crippen LogP contribution in [0.2, 0.25) is 0 Å². The number of nitrogens with zero attached hydrogens (tertiary/aromatic N) is 3. The Hall–Kier alpha value is -2.22. The minimum Gasteiger partial charge on any atom is -0.478 e. The van der Waals surface area contributed by atoms with Gasteiger partial charge in [0.15, 0.2) is 9.84 Å². The van der Waals surface area contributed by atoms with Crippen LogP contribution in [0.15, 0.2) is 35.4 Å². The fourth-order valence-electron chi connectivity index (χ4n) is 1.65. The van der Waals surface area contributed by atoms with Gasteiger partial charge in [-0.1, -0.05) is 17.3 Å². The lowest BCUT2D eigenvalue weighted by Gasteiger charge is -2.05. The number of carbonyl (C=O) groups is 1. The first-order valence-corrected chi connectivity index (χ1v) is 6.95. The van der Waals surface area contributed by atoms with Gasteiger partial charge in [-0.05, 0) is 12.1 Å². The molecule has 0 atom stereocenters. The van der Waals surface area contributed by atoms with Gasteiger partial charge in [0, 0.05) is 13.2 Å². The Morgan fingerprint density at radius 1 is 1.37 bits per heavy atom. The SMILES string of the molecule is Cn1cc(CS(=O)(=O)c2ccccc2C(=O)O)nn1. The third-order valence-electron chi connectivity index (χ3n) is 2.44. The van der Waals surface area contributed by atoms with Crippen LogP contribution >= 0.6 is 0 Å². The highest BCUT2D eigenvalue weighted by Crippen LogP contribution is 2.19. The van der Waals surface area contributed by atoms with E-state index in [1.807, 2.05) is 0 Å². The molecule has 100 valence electrons. The van der Waals surface area contributed by atoms with E-state index in [0.29, 0.717) is 0 Å². The van der Waals surface area contributed by atoms with E-state index in [-0.39, 0.29) is 21.9 Å². The van der Waals surface area contributed by atoms with Crippen LogP contribution in [-0.4, -0.2) is 34.5 Å². The van der Waals surface area contributed by atoms with Crippen molar-refractivity contribution >= 4 is 15.8 Å². The van der Waals surface area contributed by atoms with Crippen molar-refractivity contribution in [1.82, 2.24) is 15.0 Å². The molecule has 0 aliphatic heterocycles. The van der Waals surface area contributed by atoms with Gasteiger partial charge in [-0.15, -0.1) is 5.10 Å². The van der Waals surface area contributed by atoms with E-state index < -0.39 is 15.8 Å². The predicted molar refractivity (Wildman–Crippen MR) is 65.3 cm³/mol. The van der Waals surface area contributed by atoms with Crippen LogP contribution in [0, 0.1) is 0 Å². The maximum atomic E-state index is 12.2. The molecule has 1 heterocycles. The van der Waals surface area contributed by atoms with E-state index in [1.165, 1.54) is 35.1 Å². The standard InChI is InChI=1S/C11H11N3O4S/c1-14-6-8(12-13-14)7-19(17,18)10-5-3-2-4-9(10)11(15)16/h2-6H,7H2,1H3,(H,15,16). The number of rotatable bonds is 4. The summed E-state index contributed by atoms with van der Waals surface area (Å²) in [5, 5.41) is 16.3. The lowest BCUT2D eigenvalue weighted by molar-refractivity contribution is 0.0692. The van der Waals surface area contributed by atoms with E-state index >= 15 is 0 Å². The van der Waals surface area contributed by atoms with Gasteiger partial charge in [-0.2, -0.15) is 0 Å². The average Bonchev–Trinajstić information content (AvgIpc) is 2.74. The molecule has 0 spiro atoms. The Morgan fingerprint density at radius 3 is 2.63 bits per heavy atom. The number of carboxylic acid groups (broad SMARTS) is 1. The molecule has 19 heavy (non-hydrogen) atoms. The molecule has 1 aromatic carbocycles. The normalized spacial score (nSPS) is 11.4. The fourth-order valence-corrected chi connectivity index (χ4v) is 3.10. The highest BCUT2D eigenvalue weighted by Gasteiger charge is 2.23. The van der Waals surface area contributed by atoms with Gasteiger partial charge in [0.1, 0.15) is 5.75 Å². The van der Waals surface area contributed by atoms with Crippen LogP contribution in [-0.2, 0) is 22.6 Å². The molecule has 0 aliphatic rings. The number of aromatic carboxylic acids is 1. The summed E-state index contributed by atoms with van der Waals surface area (Å²) >= 11 is 0. The predicted octanol–water partition coefficient (Wildman–Crippen LogP) is 0.487. The second-order valence-electron chi connectivity index (χ2n) is 3.94. The Morgan fingerprint density at radius 2 is 2.05 bits per heavy atom. The molecule has 0 saturated heterocycles. The summed E-state index contributed by atoms with van der Waals surface area (Å²) < 4.78 is 25.8. The van der Waals surface area contributed by atoms with Crippen LogP contribution in [0.3, 0.4) is 0 Å². The number of hydrogen-bond acceptors (Lipinski definition) is 5. The summed E-state index contributed by atoms with van der Waals surface area (Å²) in [7, 11) is -2.15. The summed E-state index contributed by atoms with van der Waals surface area (Å²) in [4.78, 5) is 10.8. The summed E-state index contributed by atoms with van der Waals surface area (Å²) in [6.07, 6.45) is 1.47. The zero-order valence-corrected chi connectivity index (χ0v) is 10.8. The van der Waals surface area contributed by atoms with Crippen LogP contribution < -0.4 is 0 Å². The summed E-state index contributed by atoms with van der Waals surface area (Å²) in [5.41, 5.74) is 0.0223. The highest BCUT2D eigenvalue weighted by atomic mass is 32.2. The fraction of sp³-hybridized carbons (Fsp3) is 0.182. The van der Waals surface area contributed by atoms with Crippen molar-refractivity contribution in [2.75, 3.05) is 0 Å². The molecule has 0 fully saturated rings. The molecule has 2 aromatic rings. The minimum atomic E-state index is -3.77. The maximum absolute atomic E-state index is 12.2. The number of aryl methyl sites for hydroxylation is 1. The van der Waals surface area contributed by atoms with Crippen LogP contribution in [0.5, 0.6) is 0 Å². The van der Waals surface area contributed by atoms with Gasteiger partial charge >= 0.3 is 5.97 Å². The second kappa shape index (κ2) is 4.81. The quantitative estimate of drug-likeness (QED) is 0.874. The van der Waals surface area contributed by atoms with Crippen molar-refractivity contribution in [3.63, 3.8) is 0 Å². The number of carboxylic acids is 1. The van der Waals surface area contributed by atoms with Crippen molar-refractivity contribution in [1.29, 1.82) is 0 Å². The lowest BCUT2D eigenvalue weighted by atomic mass is 10.2. The molecular weight excluding hydrogens is 270 g/mol. The number of benzene rings is 1. The van der Waals surface area contributed by atoms with E-state index in [1.54, 1.807) is 7.05 Å². The van der Waals surface area contributed by atoms with Crippen LogP contribution in [0.25, 0.3) is 0 Å². The largest absolute Gasteiger partial charge is 0.478 e. The van der Waals surface area contributed by atoms with Gasteiger partial charge in [-0.3, -0.25) is 4.68 Å². The van der Waals surface area contributed by atoms with Crippen molar-refractivity contribution in [2.45, 2.75) is 10.6 Å². The molecule has 0 radical (unpaired) electrons. The second-order valence-corrected chi connectivity index (χ2v) is 5.90. The third kappa shape index (κ3) is 2.79. The van der Waals surface area contributed by atoms with Gasteiger partial charge in [0.2, 0.25) is 0 Å². The lowest BCUT2D eigenvalue weighted by Crippen LogP contribution is -2.11. The van der Waals surface area contributed by atoms with E-state index in [0.717, 1.165) is 0 Å². The van der Waals surface area contributed by atoms with Crippen molar-refractivity contribution in [3.05, 3.63) is 41.7 Å². The Labute approximate surface area is 109 Å². The average molecular weight is 281 g/mol. The number of aromatic nitrogens is 3. The van der Waals surface area contributed by atoms with E-state index in [4.69, 9.17) is 5.11 Å². The van der Waals surface area contributed by atoms with E-state index in [9.17, 15) is 13.2 Å². The van der Waals surface area contributed by atoms with Crippen molar-refractivity contribution in [3.8, 4) is 0 Å². The molecule has 0 saturated carbocycles. The Kier molecular flexibility index (Phi) is 3.34. The van der Waals surface area contributed by atoms with Crippen molar-refractivity contribution in [2.24, 2.45) is 7.05 Å². The summed E-state index contributed by atoms with van der Waals surface area (Å²) in [5.74, 6) is -1.66. The maximum Gasteiger partial charge on any atom is 0.337 e. The van der Waals surface area contributed by atoms with Crippen molar-refractivity contribution < 1.29 is 18.3 Å². The molecular formula is C11H11N3O4S. The Bertz CT molecular complexity index is 721. The first-order valence-electron chi connectivity index (χ1n) is 5.30.